The third kappa shape index (κ3) is 14.7. The molecule has 1 nitrogen and oxygen atoms in total. The number of hydrogen-bond donors (Lipinski definition) is 0. The van der Waals surface area contributed by atoms with Gasteiger partial charge in [-0.25, -0.2) is 0 Å². The first-order valence-electron chi connectivity index (χ1n) is 10.4. The molecule has 0 atom stereocenters. The molecular weight excluding hydrogens is 292 g/mol. The summed E-state index contributed by atoms with van der Waals surface area (Å²) in [5.41, 5.74) is 2.12. The number of Topliss-reactive ketones (excluding diaryl/α,β-unsaturated/α-hetero) is 1. The summed E-state index contributed by atoms with van der Waals surface area (Å²) in [6, 6.07) is 0. The number of rotatable bonds is 16. The van der Waals surface area contributed by atoms with Gasteiger partial charge >= 0.3 is 0 Å². The Labute approximate surface area is 152 Å². The summed E-state index contributed by atoms with van der Waals surface area (Å²) in [6.45, 7) is 8.27. The van der Waals surface area contributed by atoms with Crippen molar-refractivity contribution in [1.29, 1.82) is 0 Å². The highest BCUT2D eigenvalue weighted by molar-refractivity contribution is 5.95. The summed E-state index contributed by atoms with van der Waals surface area (Å²) in [5, 5.41) is 0. The molecule has 0 spiro atoms. The zero-order valence-corrected chi connectivity index (χ0v) is 17.0. The first kappa shape index (κ1) is 23.1. The van der Waals surface area contributed by atoms with Crippen LogP contribution in [0.25, 0.3) is 0 Å². The summed E-state index contributed by atoms with van der Waals surface area (Å²) >= 11 is 0. The molecule has 0 rings (SSSR count). The standard InChI is InChI=1S/C23H42O/c1-5-6-7-8-9-10-11-12-13-14-15-16-17-18-19-20-23(24)22(4)21(2)3/h12-13H,5-11,14-20H2,1-4H3/b13-12-. The molecular formula is C23H42O. The van der Waals surface area contributed by atoms with Crippen LogP contribution in [-0.4, -0.2) is 5.78 Å². The third-order valence-corrected chi connectivity index (χ3v) is 4.83. The van der Waals surface area contributed by atoms with Crippen LogP contribution in [0.4, 0.5) is 0 Å². The van der Waals surface area contributed by atoms with Crippen molar-refractivity contribution in [2.24, 2.45) is 0 Å². The molecule has 0 aliphatic heterocycles. The third-order valence-electron chi connectivity index (χ3n) is 4.83. The van der Waals surface area contributed by atoms with Gasteiger partial charge in [-0.3, -0.25) is 4.79 Å². The number of hydrogen-bond acceptors (Lipinski definition) is 1. The number of carbonyl (C=O) groups is 1. The second kappa shape index (κ2) is 17.0. The van der Waals surface area contributed by atoms with E-state index in [0.717, 1.165) is 24.0 Å². The van der Waals surface area contributed by atoms with Crippen molar-refractivity contribution >= 4 is 5.78 Å². The topological polar surface area (TPSA) is 17.1 Å². The molecule has 0 aromatic carbocycles. The van der Waals surface area contributed by atoms with E-state index in [4.69, 9.17) is 0 Å². The van der Waals surface area contributed by atoms with Crippen molar-refractivity contribution in [2.45, 2.75) is 118 Å². The monoisotopic (exact) mass is 334 g/mol. The lowest BCUT2D eigenvalue weighted by Gasteiger charge is -2.03. The van der Waals surface area contributed by atoms with Crippen LogP contribution in [0.1, 0.15) is 118 Å². The van der Waals surface area contributed by atoms with E-state index < -0.39 is 0 Å². The first-order valence-corrected chi connectivity index (χ1v) is 10.4. The molecule has 0 fully saturated rings. The summed E-state index contributed by atoms with van der Waals surface area (Å²) in [5.74, 6) is 0.340. The van der Waals surface area contributed by atoms with Crippen LogP contribution >= 0.6 is 0 Å². The highest BCUT2D eigenvalue weighted by atomic mass is 16.1. The highest BCUT2D eigenvalue weighted by Crippen LogP contribution is 2.12. The zero-order chi connectivity index (χ0) is 18.0. The van der Waals surface area contributed by atoms with Crippen molar-refractivity contribution in [1.82, 2.24) is 0 Å². The molecule has 0 saturated heterocycles. The van der Waals surface area contributed by atoms with E-state index >= 15 is 0 Å². The van der Waals surface area contributed by atoms with Crippen LogP contribution in [0.5, 0.6) is 0 Å². The van der Waals surface area contributed by atoms with E-state index in [9.17, 15) is 4.79 Å². The zero-order valence-electron chi connectivity index (χ0n) is 17.0. The highest BCUT2D eigenvalue weighted by Gasteiger charge is 2.05. The van der Waals surface area contributed by atoms with Crippen LogP contribution in [0.15, 0.2) is 23.3 Å². The van der Waals surface area contributed by atoms with E-state index in [1.165, 1.54) is 77.0 Å². The first-order chi connectivity index (χ1) is 11.6. The van der Waals surface area contributed by atoms with Gasteiger partial charge in [0.15, 0.2) is 5.78 Å². The number of unbranched alkanes of at least 4 members (excludes halogenated alkanes) is 11. The average Bonchev–Trinajstić information content (AvgIpc) is 2.57. The molecule has 0 radical (unpaired) electrons. The quantitative estimate of drug-likeness (QED) is 0.159. The van der Waals surface area contributed by atoms with Crippen molar-refractivity contribution in [3.05, 3.63) is 23.3 Å². The summed E-state index contributed by atoms with van der Waals surface area (Å²) < 4.78 is 0. The van der Waals surface area contributed by atoms with Crippen LogP contribution in [0.3, 0.4) is 0 Å². The molecule has 24 heavy (non-hydrogen) atoms. The Bertz CT molecular complexity index is 358. The van der Waals surface area contributed by atoms with Gasteiger partial charge in [0.1, 0.15) is 0 Å². The summed E-state index contributed by atoms with van der Waals surface area (Å²) in [6.07, 6.45) is 22.4. The molecule has 0 aromatic heterocycles. The maximum absolute atomic E-state index is 11.9. The fourth-order valence-corrected chi connectivity index (χ4v) is 2.82. The van der Waals surface area contributed by atoms with Gasteiger partial charge in [0.05, 0.1) is 0 Å². The van der Waals surface area contributed by atoms with Crippen molar-refractivity contribution < 1.29 is 4.79 Å². The van der Waals surface area contributed by atoms with Crippen molar-refractivity contribution in [3.8, 4) is 0 Å². The van der Waals surface area contributed by atoms with Gasteiger partial charge < -0.3 is 0 Å². The Morgan fingerprint density at radius 1 is 0.667 bits per heavy atom. The molecule has 0 N–H and O–H groups in total. The second-order valence-corrected chi connectivity index (χ2v) is 7.38. The Balaban J connectivity index is 3.32. The van der Waals surface area contributed by atoms with Gasteiger partial charge in [0.2, 0.25) is 0 Å². The van der Waals surface area contributed by atoms with Gasteiger partial charge in [0.25, 0.3) is 0 Å². The Morgan fingerprint density at radius 3 is 1.62 bits per heavy atom. The Morgan fingerprint density at radius 2 is 1.12 bits per heavy atom. The lowest BCUT2D eigenvalue weighted by atomic mass is 10.0. The van der Waals surface area contributed by atoms with Gasteiger partial charge in [-0.15, -0.1) is 0 Å². The maximum atomic E-state index is 11.9. The van der Waals surface area contributed by atoms with Crippen LogP contribution < -0.4 is 0 Å². The van der Waals surface area contributed by atoms with Gasteiger partial charge in [-0.05, 0) is 58.4 Å². The van der Waals surface area contributed by atoms with E-state index in [2.05, 4.69) is 19.1 Å². The van der Waals surface area contributed by atoms with Gasteiger partial charge in [-0.1, -0.05) is 76.0 Å². The minimum atomic E-state index is 0.340. The van der Waals surface area contributed by atoms with E-state index in [1.807, 2.05) is 20.8 Å². The number of allylic oxidation sites excluding steroid dienone is 4. The van der Waals surface area contributed by atoms with Gasteiger partial charge in [0, 0.05) is 6.42 Å². The molecule has 0 bridgehead atoms. The molecule has 0 amide bonds. The summed E-state index contributed by atoms with van der Waals surface area (Å²) in [4.78, 5) is 11.9. The van der Waals surface area contributed by atoms with Crippen molar-refractivity contribution in [3.63, 3.8) is 0 Å². The molecule has 140 valence electrons. The lowest BCUT2D eigenvalue weighted by Crippen LogP contribution is -2.00. The fourth-order valence-electron chi connectivity index (χ4n) is 2.82. The molecule has 0 aliphatic rings. The molecule has 0 aromatic rings. The molecule has 0 saturated carbocycles. The normalized spacial score (nSPS) is 11.2. The van der Waals surface area contributed by atoms with E-state index in [1.54, 1.807) is 0 Å². The molecule has 0 aliphatic carbocycles. The largest absolute Gasteiger partial charge is 0.295 e. The molecule has 0 unspecified atom stereocenters. The van der Waals surface area contributed by atoms with Crippen LogP contribution in [-0.2, 0) is 4.79 Å². The second-order valence-electron chi connectivity index (χ2n) is 7.38. The summed E-state index contributed by atoms with van der Waals surface area (Å²) in [7, 11) is 0. The van der Waals surface area contributed by atoms with Crippen molar-refractivity contribution in [2.75, 3.05) is 0 Å². The predicted molar refractivity (Wildman–Crippen MR) is 109 cm³/mol. The molecule has 0 heterocycles. The Kier molecular flexibility index (Phi) is 16.4. The number of carbonyl (C=O) groups excluding carboxylic acids is 1. The van der Waals surface area contributed by atoms with Crippen LogP contribution in [0.2, 0.25) is 0 Å². The maximum Gasteiger partial charge on any atom is 0.158 e. The minimum absolute atomic E-state index is 0.340. The average molecular weight is 335 g/mol. The fraction of sp³-hybridized carbons (Fsp3) is 0.783. The lowest BCUT2D eigenvalue weighted by molar-refractivity contribution is -0.115. The number of ketones is 1. The van der Waals surface area contributed by atoms with Gasteiger partial charge in [-0.2, -0.15) is 0 Å². The van der Waals surface area contributed by atoms with E-state index in [0.29, 0.717) is 5.78 Å². The molecule has 1 heteroatoms. The van der Waals surface area contributed by atoms with Crippen LogP contribution in [0, 0.1) is 0 Å². The Hall–Kier alpha value is -0.850. The smallest absolute Gasteiger partial charge is 0.158 e. The SMILES string of the molecule is CCCCCCCC/C=C\CCCCCCCC(=O)C(C)=C(C)C. The predicted octanol–water partition coefficient (Wildman–Crippen LogP) is 7.95. The minimum Gasteiger partial charge on any atom is -0.295 e. The van der Waals surface area contributed by atoms with E-state index in [-0.39, 0.29) is 0 Å².